The summed E-state index contributed by atoms with van der Waals surface area (Å²) >= 11 is 0. The van der Waals surface area contributed by atoms with Crippen molar-refractivity contribution in [1.29, 1.82) is 0 Å². The van der Waals surface area contributed by atoms with Crippen molar-refractivity contribution in [2.24, 2.45) is 11.8 Å². The first kappa shape index (κ1) is 20.9. The molecule has 0 unspecified atom stereocenters. The Bertz CT molecular complexity index is 588. The molecule has 27 heavy (non-hydrogen) atoms. The summed E-state index contributed by atoms with van der Waals surface area (Å²) in [4.78, 5) is 12.2. The summed E-state index contributed by atoms with van der Waals surface area (Å²) in [7, 11) is -3.39. The summed E-state index contributed by atoms with van der Waals surface area (Å²) in [6, 6.07) is 0.253. The van der Waals surface area contributed by atoms with Crippen LogP contribution in [0.1, 0.15) is 65.2 Å². The molecular weight excluding hydrogens is 364 g/mol. The molecule has 0 spiro atoms. The number of hydrogen-bond acceptors (Lipinski definition) is 3. The lowest BCUT2D eigenvalue weighted by Gasteiger charge is -2.39. The first-order valence-corrected chi connectivity index (χ1v) is 12.1. The number of nitrogens with one attached hydrogen (secondary N) is 2. The van der Waals surface area contributed by atoms with Crippen molar-refractivity contribution in [3.05, 3.63) is 0 Å². The zero-order chi connectivity index (χ0) is 19.4. The van der Waals surface area contributed by atoms with Crippen LogP contribution in [0.4, 0.5) is 4.79 Å². The van der Waals surface area contributed by atoms with Gasteiger partial charge in [0.2, 0.25) is 0 Å². The van der Waals surface area contributed by atoms with Crippen molar-refractivity contribution in [2.75, 3.05) is 26.2 Å². The van der Waals surface area contributed by atoms with Crippen LogP contribution < -0.4 is 10.6 Å². The summed E-state index contributed by atoms with van der Waals surface area (Å²) in [6.07, 6.45) is 8.22. The van der Waals surface area contributed by atoms with Gasteiger partial charge in [-0.3, -0.25) is 0 Å². The van der Waals surface area contributed by atoms with Crippen LogP contribution in [0.3, 0.4) is 0 Å². The normalized spacial score (nSPS) is 30.1. The van der Waals surface area contributed by atoms with Crippen LogP contribution in [-0.4, -0.2) is 61.3 Å². The molecule has 2 aliphatic heterocycles. The molecule has 2 amide bonds. The van der Waals surface area contributed by atoms with E-state index in [1.807, 2.05) is 0 Å². The van der Waals surface area contributed by atoms with Crippen LogP contribution in [0.15, 0.2) is 0 Å². The Morgan fingerprint density at radius 3 is 1.89 bits per heavy atom. The molecular formula is C19H36N4O3S. The number of carbonyl (C=O) groups excluding carboxylic acids is 1. The fourth-order valence-corrected chi connectivity index (χ4v) is 6.73. The molecule has 0 aromatic rings. The number of urea groups is 1. The van der Waals surface area contributed by atoms with E-state index in [1.54, 1.807) is 8.61 Å². The van der Waals surface area contributed by atoms with E-state index in [0.717, 1.165) is 19.3 Å². The van der Waals surface area contributed by atoms with Gasteiger partial charge in [0, 0.05) is 38.3 Å². The molecule has 156 valence electrons. The van der Waals surface area contributed by atoms with Crippen molar-refractivity contribution in [3.8, 4) is 0 Å². The van der Waals surface area contributed by atoms with Crippen molar-refractivity contribution in [2.45, 2.75) is 77.3 Å². The zero-order valence-electron chi connectivity index (χ0n) is 16.8. The molecule has 2 atom stereocenters. The van der Waals surface area contributed by atoms with E-state index in [-0.39, 0.29) is 12.1 Å². The quantitative estimate of drug-likeness (QED) is 0.760. The number of hydrogen-bond donors (Lipinski definition) is 2. The standard InChI is InChI=1S/C19H36N4O3S/c1-15-12-16(2)14-23(13-15)27(25,26)22-10-8-18(9-11-22)21-19(24)20-17-6-4-3-5-7-17/h15-18H,3-14H2,1-2H3,(H2,20,21,24)/t15-,16-/m0/s1. The minimum absolute atomic E-state index is 0.0549. The Morgan fingerprint density at radius 2 is 1.33 bits per heavy atom. The molecule has 7 nitrogen and oxygen atoms in total. The Balaban J connectivity index is 1.45. The van der Waals surface area contributed by atoms with Crippen molar-refractivity contribution < 1.29 is 13.2 Å². The van der Waals surface area contributed by atoms with E-state index >= 15 is 0 Å². The molecule has 0 aromatic carbocycles. The molecule has 1 saturated carbocycles. The van der Waals surface area contributed by atoms with Gasteiger partial charge in [0.15, 0.2) is 0 Å². The average Bonchev–Trinajstić information content (AvgIpc) is 2.62. The average molecular weight is 401 g/mol. The number of nitrogens with zero attached hydrogens (tertiary/aromatic N) is 2. The molecule has 0 radical (unpaired) electrons. The van der Waals surface area contributed by atoms with Gasteiger partial charge in [0.25, 0.3) is 10.2 Å². The monoisotopic (exact) mass is 400 g/mol. The third-order valence-corrected chi connectivity index (χ3v) is 8.19. The maximum Gasteiger partial charge on any atom is 0.315 e. The van der Waals surface area contributed by atoms with E-state index in [9.17, 15) is 13.2 Å². The van der Waals surface area contributed by atoms with Gasteiger partial charge >= 0.3 is 6.03 Å². The number of rotatable bonds is 4. The summed E-state index contributed by atoms with van der Waals surface area (Å²) in [6.45, 7) is 6.45. The fraction of sp³-hybridized carbons (Fsp3) is 0.947. The first-order chi connectivity index (χ1) is 12.8. The van der Waals surface area contributed by atoms with E-state index in [2.05, 4.69) is 24.5 Å². The van der Waals surface area contributed by atoms with Crippen LogP contribution in [0.25, 0.3) is 0 Å². The highest BCUT2D eigenvalue weighted by molar-refractivity contribution is 7.86. The van der Waals surface area contributed by atoms with Crippen LogP contribution in [0, 0.1) is 11.8 Å². The molecule has 1 aliphatic carbocycles. The lowest BCUT2D eigenvalue weighted by Crippen LogP contribution is -2.54. The van der Waals surface area contributed by atoms with Crippen LogP contribution in [0.2, 0.25) is 0 Å². The molecule has 0 aromatic heterocycles. The van der Waals surface area contributed by atoms with Gasteiger partial charge in [-0.2, -0.15) is 17.0 Å². The highest BCUT2D eigenvalue weighted by Gasteiger charge is 2.36. The molecule has 0 bridgehead atoms. The summed E-state index contributed by atoms with van der Waals surface area (Å²) in [5.41, 5.74) is 0. The minimum Gasteiger partial charge on any atom is -0.335 e. The highest BCUT2D eigenvalue weighted by Crippen LogP contribution is 2.26. The van der Waals surface area contributed by atoms with Gasteiger partial charge in [-0.1, -0.05) is 33.1 Å². The van der Waals surface area contributed by atoms with Gasteiger partial charge < -0.3 is 10.6 Å². The van der Waals surface area contributed by atoms with Gasteiger partial charge in [-0.15, -0.1) is 0 Å². The largest absolute Gasteiger partial charge is 0.335 e. The Kier molecular flexibility index (Phi) is 7.03. The van der Waals surface area contributed by atoms with Crippen molar-refractivity contribution in [3.63, 3.8) is 0 Å². The third-order valence-electron chi connectivity index (χ3n) is 6.22. The Morgan fingerprint density at radius 1 is 0.815 bits per heavy atom. The highest BCUT2D eigenvalue weighted by atomic mass is 32.2. The van der Waals surface area contributed by atoms with Crippen LogP contribution in [0.5, 0.6) is 0 Å². The molecule has 2 heterocycles. The van der Waals surface area contributed by atoms with Crippen molar-refractivity contribution in [1.82, 2.24) is 19.2 Å². The smallest absolute Gasteiger partial charge is 0.315 e. The van der Waals surface area contributed by atoms with Crippen LogP contribution >= 0.6 is 0 Å². The van der Waals surface area contributed by atoms with Gasteiger partial charge in [-0.05, 0) is 43.9 Å². The topological polar surface area (TPSA) is 81.8 Å². The SMILES string of the molecule is C[C@H]1C[C@H](C)CN(S(=O)(=O)N2CCC(NC(=O)NC3CCCCC3)CC2)C1. The third kappa shape index (κ3) is 5.57. The molecule has 2 saturated heterocycles. The molecule has 8 heteroatoms. The Hall–Kier alpha value is -0.860. The van der Waals surface area contributed by atoms with Crippen molar-refractivity contribution >= 4 is 16.2 Å². The van der Waals surface area contributed by atoms with E-state index in [0.29, 0.717) is 56.9 Å². The number of amides is 2. The minimum atomic E-state index is -3.39. The second-order valence-corrected chi connectivity index (χ2v) is 10.8. The first-order valence-electron chi connectivity index (χ1n) is 10.7. The lowest BCUT2D eigenvalue weighted by molar-refractivity contribution is 0.197. The van der Waals surface area contributed by atoms with Crippen LogP contribution in [-0.2, 0) is 10.2 Å². The lowest BCUT2D eigenvalue weighted by atomic mass is 9.94. The predicted molar refractivity (Wildman–Crippen MR) is 107 cm³/mol. The molecule has 3 fully saturated rings. The summed E-state index contributed by atoms with van der Waals surface area (Å²) in [5, 5.41) is 6.13. The van der Waals surface area contributed by atoms with E-state index < -0.39 is 10.2 Å². The zero-order valence-corrected chi connectivity index (χ0v) is 17.6. The maximum absolute atomic E-state index is 13.0. The predicted octanol–water partition coefficient (Wildman–Crippen LogP) is 2.31. The molecule has 2 N–H and O–H groups in total. The summed E-state index contributed by atoms with van der Waals surface area (Å²) < 4.78 is 29.2. The maximum atomic E-state index is 13.0. The van der Waals surface area contributed by atoms with Gasteiger partial charge in [0.05, 0.1) is 0 Å². The second kappa shape index (κ2) is 9.09. The Labute approximate surface area is 164 Å². The van der Waals surface area contributed by atoms with Gasteiger partial charge in [-0.25, -0.2) is 4.79 Å². The fourth-order valence-electron chi connectivity index (χ4n) is 4.85. The second-order valence-electron chi connectivity index (χ2n) is 8.90. The summed E-state index contributed by atoms with van der Waals surface area (Å²) in [5.74, 6) is 0.817. The van der Waals surface area contributed by atoms with Gasteiger partial charge in [0.1, 0.15) is 0 Å². The molecule has 3 aliphatic rings. The number of piperidine rings is 2. The van der Waals surface area contributed by atoms with E-state index in [1.165, 1.54) is 19.3 Å². The number of carbonyl (C=O) groups is 1. The van der Waals surface area contributed by atoms with E-state index in [4.69, 9.17) is 0 Å². The molecule has 3 rings (SSSR count).